The Hall–Kier alpha value is -16.1. The third-order valence-electron chi connectivity index (χ3n) is 24.8. The summed E-state index contributed by atoms with van der Waals surface area (Å²) < 4.78 is 18.4. The molecule has 25 rings (SSSR count). The van der Waals surface area contributed by atoms with Gasteiger partial charge in [-0.1, -0.05) is 309 Å². The second-order valence-electron chi connectivity index (χ2n) is 32.1. The van der Waals surface area contributed by atoms with Crippen molar-refractivity contribution in [3.05, 3.63) is 461 Å². The third-order valence-corrected chi connectivity index (χ3v) is 27.2. The lowest BCUT2D eigenvalue weighted by atomic mass is 9.94. The number of nitrogens with zero attached hydrogens (tertiary/aromatic N) is 4. The lowest BCUT2D eigenvalue weighted by molar-refractivity contribution is 0.668. The van der Waals surface area contributed by atoms with Crippen molar-refractivity contribution in [2.75, 3.05) is 19.6 Å². The van der Waals surface area contributed by atoms with Gasteiger partial charge in [0.1, 0.15) is 11.2 Å². The number of hydrogen-bond acceptors (Lipinski definition) is 8. The third kappa shape index (κ3) is 12.8. The molecule has 592 valence electrons. The highest BCUT2D eigenvalue weighted by Crippen LogP contribution is 2.53. The Labute approximate surface area is 735 Å². The van der Waals surface area contributed by atoms with Crippen molar-refractivity contribution in [1.82, 2.24) is 0 Å². The molecule has 0 saturated carbocycles. The number of thiophene rings is 2. The van der Waals surface area contributed by atoms with Crippen molar-refractivity contribution >= 4 is 218 Å². The Morgan fingerprint density at radius 1 is 0.167 bits per heavy atom. The number of furan rings is 2. The van der Waals surface area contributed by atoms with Crippen LogP contribution >= 0.6 is 22.7 Å². The van der Waals surface area contributed by atoms with Crippen molar-refractivity contribution in [2.24, 2.45) is 0 Å². The Morgan fingerprint density at radius 3 is 0.913 bits per heavy atom. The van der Waals surface area contributed by atoms with Crippen LogP contribution in [0.4, 0.5) is 68.2 Å². The Morgan fingerprint density at radius 2 is 0.476 bits per heavy atom. The highest BCUT2D eigenvalue weighted by Gasteiger charge is 2.27. The number of rotatable bonds is 15. The van der Waals surface area contributed by atoms with E-state index in [1.807, 2.05) is 34.8 Å². The largest absolute Gasteiger partial charge is 0.454 e. The zero-order valence-corrected chi connectivity index (χ0v) is 69.9. The van der Waals surface area contributed by atoms with Crippen LogP contribution in [-0.4, -0.2) is 0 Å². The smallest absolute Gasteiger partial charge is 0.159 e. The van der Waals surface area contributed by atoms with Gasteiger partial charge in [-0.15, -0.1) is 22.7 Å². The summed E-state index contributed by atoms with van der Waals surface area (Å²) in [4.78, 5) is 9.34. The summed E-state index contributed by atoms with van der Waals surface area (Å²) in [6, 6.07) is 166. The Bertz CT molecular complexity index is 8390. The molecule has 4 aromatic heterocycles. The number of anilines is 12. The van der Waals surface area contributed by atoms with Crippen LogP contribution in [-0.2, 0) is 0 Å². The van der Waals surface area contributed by atoms with Gasteiger partial charge in [-0.25, -0.2) is 0 Å². The van der Waals surface area contributed by atoms with Crippen LogP contribution < -0.4 is 19.6 Å². The van der Waals surface area contributed by atoms with Crippen LogP contribution in [0, 0.1) is 0 Å². The Kier molecular flexibility index (Phi) is 18.2. The van der Waals surface area contributed by atoms with Crippen LogP contribution in [0.15, 0.2) is 470 Å². The lowest BCUT2D eigenvalue weighted by Crippen LogP contribution is -2.11. The molecule has 0 unspecified atom stereocenters. The zero-order valence-electron chi connectivity index (χ0n) is 68.3. The van der Waals surface area contributed by atoms with Crippen LogP contribution in [0.1, 0.15) is 0 Å². The van der Waals surface area contributed by atoms with Crippen molar-refractivity contribution in [1.29, 1.82) is 0 Å². The number of benzene rings is 21. The van der Waals surface area contributed by atoms with E-state index < -0.39 is 0 Å². The summed E-state index contributed by atoms with van der Waals surface area (Å²) in [5.74, 6) is 0. The van der Waals surface area contributed by atoms with E-state index in [1.54, 1.807) is 0 Å². The van der Waals surface area contributed by atoms with E-state index in [4.69, 9.17) is 8.83 Å². The monoisotopic (exact) mass is 1640 g/mol. The van der Waals surface area contributed by atoms with Crippen LogP contribution in [0.3, 0.4) is 0 Å². The van der Waals surface area contributed by atoms with Gasteiger partial charge in [-0.05, 0) is 212 Å². The number of fused-ring (bicyclic) bond motifs is 22. The fraction of sp³-hybridized carbons (Fsp3) is 0. The topological polar surface area (TPSA) is 39.2 Å². The summed E-state index contributed by atoms with van der Waals surface area (Å²) in [5.41, 5.74) is 23.7. The zero-order chi connectivity index (χ0) is 83.1. The molecule has 0 atom stereocenters. The molecule has 21 aromatic carbocycles. The van der Waals surface area contributed by atoms with Crippen molar-refractivity contribution in [2.45, 2.75) is 0 Å². The summed E-state index contributed by atoms with van der Waals surface area (Å²) >= 11 is 3.77. The second kappa shape index (κ2) is 31.1. The summed E-state index contributed by atoms with van der Waals surface area (Å²) in [7, 11) is 0. The molecule has 0 radical (unpaired) electrons. The van der Waals surface area contributed by atoms with Crippen LogP contribution in [0.2, 0.25) is 0 Å². The van der Waals surface area contributed by atoms with E-state index in [9.17, 15) is 0 Å². The molecule has 126 heavy (non-hydrogen) atoms. The van der Waals surface area contributed by atoms with Crippen molar-refractivity contribution in [3.63, 3.8) is 0 Å². The molecule has 6 nitrogen and oxygen atoms in total. The van der Waals surface area contributed by atoms with Gasteiger partial charge in [0.05, 0.1) is 17.1 Å². The highest BCUT2D eigenvalue weighted by atomic mass is 32.1. The quantitative estimate of drug-likeness (QED) is 0.0953. The average molecular weight is 1650 g/mol. The predicted octanol–water partition coefficient (Wildman–Crippen LogP) is 35.4. The first-order valence-corrected chi connectivity index (χ1v) is 44.4. The second-order valence-corrected chi connectivity index (χ2v) is 34.2. The fourth-order valence-corrected chi connectivity index (χ4v) is 21.7. The molecular weight excluding hydrogens is 1570 g/mol. The minimum atomic E-state index is 0.866. The maximum atomic E-state index is 6.74. The first-order valence-electron chi connectivity index (χ1n) is 42.8. The van der Waals surface area contributed by atoms with E-state index in [0.717, 1.165) is 123 Å². The lowest BCUT2D eigenvalue weighted by Gasteiger charge is -2.28. The first kappa shape index (κ1) is 73.8. The van der Waals surface area contributed by atoms with Gasteiger partial charge in [0.25, 0.3) is 0 Å². The molecule has 4 heterocycles. The normalized spacial score (nSPS) is 11.7. The molecule has 0 aliphatic heterocycles. The minimum Gasteiger partial charge on any atom is -0.454 e. The molecule has 0 spiro atoms. The van der Waals surface area contributed by atoms with E-state index in [0.29, 0.717) is 0 Å². The van der Waals surface area contributed by atoms with Crippen LogP contribution in [0.5, 0.6) is 0 Å². The van der Waals surface area contributed by atoms with Crippen molar-refractivity contribution in [3.8, 4) is 33.4 Å². The molecule has 25 aromatic rings. The average Bonchev–Trinajstić information content (AvgIpc) is 1.35. The standard InChI is InChI=1S/C62H40N2OS.C56H36N2OS/c1-4-17-42(18-5-1)48-23-12-14-28-56(48)64(57-29-16-27-52-50-25-13-15-30-58(50)65-61(52)57)47-36-38-54-59(40-47)66-62-53-37-33-43(39-55(53)49-24-10-11-26-51(49)60(54)62)41-31-34-46(35-32-41)63(44-19-6-2-7-20-44)45-21-8-3-9-22-45;1-4-15-39(16-5-1)57(40-17-6-2-7-18-40)42-30-27-37(28-31-42)38-29-33-48-50(35-38)44-21-10-11-23-46(44)54-49-34-32-43(36-53(49)60-56(48)54)58(41-19-8-3-9-20-41)51-25-14-24-47-45-22-12-13-26-52(45)59-55(47)51/h1-40H;1-36H. The Balaban J connectivity index is 0.000000142. The molecule has 0 fully saturated rings. The molecule has 0 bridgehead atoms. The van der Waals surface area contributed by atoms with Crippen LogP contribution in [0.25, 0.3) is 161 Å². The van der Waals surface area contributed by atoms with Gasteiger partial charge in [-0.2, -0.15) is 0 Å². The van der Waals surface area contributed by atoms with Gasteiger partial charge in [0.15, 0.2) is 11.2 Å². The summed E-state index contributed by atoms with van der Waals surface area (Å²) in [6.07, 6.45) is 0. The SMILES string of the molecule is c1ccc(-c2ccccc2N(c2ccc3c(c2)sc2c4ccc(-c5ccc(N(c6ccccc6)c6ccccc6)cc5)cc4c4ccccc4c32)c2cccc3c2oc2ccccc23)cc1.c1ccc(N(c2ccccc2)c2ccc(-c3ccc4c(c3)c3ccccc3c3c5ccc(N(c6ccccc6)c6cccc7c6oc6ccccc67)cc5sc43)cc2)cc1. The predicted molar refractivity (Wildman–Crippen MR) is 538 cm³/mol. The maximum absolute atomic E-state index is 6.74. The molecule has 0 amide bonds. The molecule has 0 saturated heterocycles. The fourth-order valence-electron chi connectivity index (χ4n) is 19.1. The van der Waals surface area contributed by atoms with Crippen molar-refractivity contribution < 1.29 is 8.83 Å². The summed E-state index contributed by atoms with van der Waals surface area (Å²) in [5, 5.41) is 19.7. The highest BCUT2D eigenvalue weighted by molar-refractivity contribution is 7.27. The van der Waals surface area contributed by atoms with E-state index in [-0.39, 0.29) is 0 Å². The van der Waals surface area contributed by atoms with Gasteiger partial charge in [0.2, 0.25) is 0 Å². The summed E-state index contributed by atoms with van der Waals surface area (Å²) in [6.45, 7) is 0. The molecule has 8 heteroatoms. The number of hydrogen-bond donors (Lipinski definition) is 0. The minimum absolute atomic E-state index is 0.866. The molecule has 0 aliphatic rings. The maximum Gasteiger partial charge on any atom is 0.159 e. The molecule has 0 N–H and O–H groups in total. The first-order chi connectivity index (χ1) is 62.5. The molecule has 0 aliphatic carbocycles. The van der Waals surface area contributed by atoms with E-state index in [1.165, 1.54) is 106 Å². The number of para-hydroxylation sites is 10. The van der Waals surface area contributed by atoms with E-state index in [2.05, 4.69) is 469 Å². The van der Waals surface area contributed by atoms with Gasteiger partial charge >= 0.3 is 0 Å². The van der Waals surface area contributed by atoms with E-state index >= 15 is 0 Å². The van der Waals surface area contributed by atoms with Gasteiger partial charge < -0.3 is 28.4 Å². The van der Waals surface area contributed by atoms with Gasteiger partial charge in [-0.3, -0.25) is 0 Å². The molecular formula is C118H76N4O2S2. The van der Waals surface area contributed by atoms with Gasteiger partial charge in [0, 0.05) is 129 Å².